The predicted octanol–water partition coefficient (Wildman–Crippen LogP) is 2.50. The molecule has 0 spiro atoms. The molecule has 0 N–H and O–H groups in total. The average molecular weight is 295 g/mol. The van der Waals surface area contributed by atoms with E-state index in [-0.39, 0.29) is 41.4 Å². The third-order valence-corrected chi connectivity index (χ3v) is 5.85. The van der Waals surface area contributed by atoms with Crippen molar-refractivity contribution in [2.24, 2.45) is 11.8 Å². The highest BCUT2D eigenvalue weighted by Gasteiger charge is 2.61. The van der Waals surface area contributed by atoms with Gasteiger partial charge in [-0.15, -0.1) is 0 Å². The van der Waals surface area contributed by atoms with Gasteiger partial charge in [-0.05, 0) is 25.8 Å². The molecule has 0 amide bonds. The Morgan fingerprint density at radius 2 is 1.95 bits per heavy atom. The Kier molecular flexibility index (Phi) is 2.92. The number of Topliss-reactive ketones (excluding diaryl/α,β-unsaturated/α-hetero) is 2. The lowest BCUT2D eigenvalue weighted by molar-refractivity contribution is -0.128. The lowest BCUT2D eigenvalue weighted by atomic mass is 9.74. The summed E-state index contributed by atoms with van der Waals surface area (Å²) in [7, 11) is 0. The number of ketones is 2. The number of nitrogens with zero attached hydrogens (tertiary/aromatic N) is 1. The van der Waals surface area contributed by atoms with Gasteiger partial charge in [0.1, 0.15) is 5.78 Å². The molecule has 1 aromatic rings. The summed E-state index contributed by atoms with van der Waals surface area (Å²) >= 11 is 0. The Labute approximate surface area is 131 Å². The molecule has 3 aliphatic rings. The minimum Gasteiger partial charge on any atom is -0.300 e. The number of carbonyl (C=O) groups is 2. The van der Waals surface area contributed by atoms with E-state index in [1.807, 2.05) is 0 Å². The van der Waals surface area contributed by atoms with Gasteiger partial charge in [0, 0.05) is 24.4 Å². The molecule has 1 aromatic carbocycles. The molecule has 3 fully saturated rings. The van der Waals surface area contributed by atoms with Crippen molar-refractivity contribution in [3.05, 3.63) is 47.5 Å². The SMILES string of the molecule is C=C1CN2C3CC(C(C)=O)C2C1C(c1ccc(C)cc1)C3=O. The highest BCUT2D eigenvalue weighted by molar-refractivity contribution is 5.95. The van der Waals surface area contributed by atoms with Crippen LogP contribution in [0.15, 0.2) is 36.4 Å². The van der Waals surface area contributed by atoms with Gasteiger partial charge < -0.3 is 0 Å². The van der Waals surface area contributed by atoms with Crippen LogP contribution in [-0.4, -0.2) is 35.1 Å². The van der Waals surface area contributed by atoms with Crippen molar-refractivity contribution in [1.29, 1.82) is 0 Å². The molecular formula is C19H21NO2. The number of rotatable bonds is 2. The summed E-state index contributed by atoms with van der Waals surface area (Å²) in [6, 6.07) is 8.36. The molecule has 3 saturated heterocycles. The maximum Gasteiger partial charge on any atom is 0.158 e. The first-order valence-corrected chi connectivity index (χ1v) is 8.03. The van der Waals surface area contributed by atoms with Crippen LogP contribution in [0.25, 0.3) is 0 Å². The third-order valence-electron chi connectivity index (χ3n) is 5.85. The fourth-order valence-electron chi connectivity index (χ4n) is 4.86. The van der Waals surface area contributed by atoms with Crippen molar-refractivity contribution in [2.75, 3.05) is 6.54 Å². The average Bonchev–Trinajstić information content (AvgIpc) is 2.90. The van der Waals surface area contributed by atoms with Crippen molar-refractivity contribution >= 4 is 11.6 Å². The molecule has 3 nitrogen and oxygen atoms in total. The molecule has 3 aliphatic heterocycles. The van der Waals surface area contributed by atoms with E-state index in [1.165, 1.54) is 5.56 Å². The van der Waals surface area contributed by atoms with Gasteiger partial charge in [-0.25, -0.2) is 0 Å². The van der Waals surface area contributed by atoms with Crippen LogP contribution in [0.2, 0.25) is 0 Å². The van der Waals surface area contributed by atoms with E-state index in [9.17, 15) is 9.59 Å². The fraction of sp³-hybridized carbons (Fsp3) is 0.474. The second-order valence-electron chi connectivity index (χ2n) is 7.11. The molecule has 4 rings (SSSR count). The molecule has 0 radical (unpaired) electrons. The predicted molar refractivity (Wildman–Crippen MR) is 84.6 cm³/mol. The maximum atomic E-state index is 13.0. The first kappa shape index (κ1) is 13.9. The van der Waals surface area contributed by atoms with Crippen LogP contribution in [0.1, 0.15) is 30.4 Å². The van der Waals surface area contributed by atoms with Crippen molar-refractivity contribution in [2.45, 2.75) is 38.3 Å². The fourth-order valence-corrected chi connectivity index (χ4v) is 4.86. The minimum absolute atomic E-state index is 0.00588. The number of piperidine rings is 1. The van der Waals surface area contributed by atoms with Crippen LogP contribution >= 0.6 is 0 Å². The zero-order valence-corrected chi connectivity index (χ0v) is 13.1. The lowest BCUT2D eigenvalue weighted by Gasteiger charge is -2.37. The first-order chi connectivity index (χ1) is 10.5. The molecule has 22 heavy (non-hydrogen) atoms. The van der Waals surface area contributed by atoms with Gasteiger partial charge in [0.05, 0.1) is 12.0 Å². The smallest absolute Gasteiger partial charge is 0.158 e. The summed E-state index contributed by atoms with van der Waals surface area (Å²) in [5.74, 6) is 0.477. The summed E-state index contributed by atoms with van der Waals surface area (Å²) in [6.07, 6.45) is 0.699. The van der Waals surface area contributed by atoms with Gasteiger partial charge in [-0.3, -0.25) is 14.5 Å². The standard InChI is InChI=1S/C19H21NO2/c1-10-4-6-13(7-5-10)17-16-11(2)9-20-15(19(17)22)8-14(12(3)21)18(16)20/h4-7,14-18H,2,8-9H2,1,3H3. The van der Waals surface area contributed by atoms with E-state index < -0.39 is 0 Å². The molecule has 0 saturated carbocycles. The Morgan fingerprint density at radius 3 is 2.59 bits per heavy atom. The van der Waals surface area contributed by atoms with Crippen molar-refractivity contribution in [1.82, 2.24) is 4.90 Å². The normalized spacial score (nSPS) is 39.4. The number of carbonyl (C=O) groups excluding carboxylic acids is 2. The molecular weight excluding hydrogens is 274 g/mol. The molecule has 6 unspecified atom stereocenters. The summed E-state index contributed by atoms with van der Waals surface area (Å²) in [4.78, 5) is 27.3. The first-order valence-electron chi connectivity index (χ1n) is 8.03. The molecule has 3 heterocycles. The Hall–Kier alpha value is -1.74. The van der Waals surface area contributed by atoms with Gasteiger partial charge in [0.25, 0.3) is 0 Å². The topological polar surface area (TPSA) is 37.4 Å². The zero-order chi connectivity index (χ0) is 15.6. The van der Waals surface area contributed by atoms with Gasteiger partial charge in [-0.1, -0.05) is 42.0 Å². The highest BCUT2D eigenvalue weighted by Crippen LogP contribution is 2.54. The van der Waals surface area contributed by atoms with Crippen LogP contribution in [0, 0.1) is 18.8 Å². The Morgan fingerprint density at radius 1 is 1.27 bits per heavy atom. The molecule has 114 valence electrons. The summed E-state index contributed by atoms with van der Waals surface area (Å²) < 4.78 is 0. The number of hydrogen-bond donors (Lipinski definition) is 0. The zero-order valence-electron chi connectivity index (χ0n) is 13.1. The highest BCUT2D eigenvalue weighted by atomic mass is 16.1. The number of benzene rings is 1. The van der Waals surface area contributed by atoms with Crippen LogP contribution in [0.3, 0.4) is 0 Å². The number of hydrogen-bond acceptors (Lipinski definition) is 3. The van der Waals surface area contributed by atoms with E-state index in [1.54, 1.807) is 6.92 Å². The van der Waals surface area contributed by atoms with Gasteiger partial charge in [0.15, 0.2) is 5.78 Å². The van der Waals surface area contributed by atoms with Crippen LogP contribution in [0.5, 0.6) is 0 Å². The molecule has 4 bridgehead atoms. The number of aryl methyl sites for hydroxylation is 1. The van der Waals surface area contributed by atoms with E-state index in [2.05, 4.69) is 42.7 Å². The summed E-state index contributed by atoms with van der Waals surface area (Å²) in [6.45, 7) is 8.73. The molecule has 0 aromatic heterocycles. The Balaban J connectivity index is 1.81. The maximum absolute atomic E-state index is 13.0. The van der Waals surface area contributed by atoms with Crippen molar-refractivity contribution in [3.63, 3.8) is 0 Å². The Bertz CT molecular complexity index is 675. The van der Waals surface area contributed by atoms with E-state index in [4.69, 9.17) is 0 Å². The minimum atomic E-state index is -0.119. The van der Waals surface area contributed by atoms with E-state index >= 15 is 0 Å². The van der Waals surface area contributed by atoms with E-state index in [0.717, 1.165) is 17.7 Å². The summed E-state index contributed by atoms with van der Waals surface area (Å²) in [5.41, 5.74) is 3.41. The lowest BCUT2D eigenvalue weighted by Crippen LogP contribution is -2.48. The van der Waals surface area contributed by atoms with Crippen molar-refractivity contribution < 1.29 is 9.59 Å². The van der Waals surface area contributed by atoms with Crippen LogP contribution in [0.4, 0.5) is 0 Å². The molecule has 6 atom stereocenters. The van der Waals surface area contributed by atoms with Crippen LogP contribution < -0.4 is 0 Å². The van der Waals surface area contributed by atoms with Gasteiger partial charge >= 0.3 is 0 Å². The van der Waals surface area contributed by atoms with Crippen molar-refractivity contribution in [3.8, 4) is 0 Å². The second-order valence-corrected chi connectivity index (χ2v) is 7.11. The van der Waals surface area contributed by atoms with E-state index in [0.29, 0.717) is 6.42 Å². The molecule has 3 heteroatoms. The second kappa shape index (κ2) is 4.63. The van der Waals surface area contributed by atoms with Gasteiger partial charge in [-0.2, -0.15) is 0 Å². The monoisotopic (exact) mass is 295 g/mol. The summed E-state index contributed by atoms with van der Waals surface area (Å²) in [5, 5.41) is 0. The van der Waals surface area contributed by atoms with Crippen LogP contribution in [-0.2, 0) is 9.59 Å². The third kappa shape index (κ3) is 1.72. The quantitative estimate of drug-likeness (QED) is 0.787. The largest absolute Gasteiger partial charge is 0.300 e. The van der Waals surface area contributed by atoms with Gasteiger partial charge in [0.2, 0.25) is 0 Å². The molecule has 0 aliphatic carbocycles.